The van der Waals surface area contributed by atoms with Gasteiger partial charge in [-0.2, -0.15) is 0 Å². The van der Waals surface area contributed by atoms with E-state index < -0.39 is 65.8 Å². The zero-order chi connectivity index (χ0) is 104. The maximum Gasteiger partial charge on any atom is 0.339 e. The summed E-state index contributed by atoms with van der Waals surface area (Å²) < 4.78 is 111. The van der Waals surface area contributed by atoms with E-state index in [2.05, 4.69) is 69.5 Å². The molecule has 7 saturated carbocycles. The van der Waals surface area contributed by atoms with E-state index in [0.717, 1.165) is 177 Å². The number of phenols is 1. The zero-order valence-electron chi connectivity index (χ0n) is 79.0. The highest BCUT2D eigenvalue weighted by Gasteiger charge is 2.45. The molecule has 0 bridgehead atoms. The number of carbonyl (C=O) groups excluding carboxylic acids is 1. The Bertz CT molecular complexity index is 6560. The number of aromatic nitrogens is 5. The van der Waals surface area contributed by atoms with Crippen LogP contribution in [0.15, 0.2) is 152 Å². The van der Waals surface area contributed by atoms with Crippen molar-refractivity contribution >= 4 is 189 Å². The molecular formula is C104H98Cl15F5N6O15Si. The summed E-state index contributed by atoms with van der Waals surface area (Å²) in [5.41, 5.74) is 6.04. The van der Waals surface area contributed by atoms with Crippen molar-refractivity contribution in [2.75, 3.05) is 20.2 Å². The van der Waals surface area contributed by atoms with Gasteiger partial charge < -0.3 is 72.7 Å². The van der Waals surface area contributed by atoms with Gasteiger partial charge in [-0.1, -0.05) is 216 Å². The summed E-state index contributed by atoms with van der Waals surface area (Å²) in [6.07, 6.45) is 17.0. The summed E-state index contributed by atoms with van der Waals surface area (Å²) in [4.78, 5) is 14.2. The van der Waals surface area contributed by atoms with E-state index >= 15 is 0 Å². The third-order valence-corrected chi connectivity index (χ3v) is 35.2. The molecule has 0 atom stereocenters. The van der Waals surface area contributed by atoms with Crippen molar-refractivity contribution in [1.29, 1.82) is 0 Å². The number of phenolic OH excluding ortho intramolecular Hbond substituents is 1. The topological polar surface area (TPSA) is 304 Å². The maximum atomic E-state index is 13.7. The highest BCUT2D eigenvalue weighted by atomic mass is 35.5. The highest BCUT2D eigenvalue weighted by Crippen LogP contribution is 2.55. The molecule has 5 aromatic heterocycles. The molecule has 778 valence electrons. The number of alkyl halides is 1. The number of β-amino-alcohol motifs (C(OH)–C–C–N with tert-alkyl or cyclic N) is 1. The normalized spacial score (nSPS) is 16.4. The van der Waals surface area contributed by atoms with E-state index in [1.54, 1.807) is 48.5 Å². The van der Waals surface area contributed by atoms with Gasteiger partial charge in [0.1, 0.15) is 111 Å². The third kappa shape index (κ3) is 26.5. The minimum Gasteiger partial charge on any atom is -0.543 e. The quantitative estimate of drug-likeness (QED) is 0.0103. The summed E-state index contributed by atoms with van der Waals surface area (Å²) >= 11 is 85.6. The van der Waals surface area contributed by atoms with E-state index in [1.807, 2.05) is 18.2 Å². The third-order valence-electron chi connectivity index (χ3n) is 26.7. The molecule has 8 fully saturated rings. The van der Waals surface area contributed by atoms with Crippen LogP contribution in [-0.4, -0.2) is 90.7 Å². The van der Waals surface area contributed by atoms with Gasteiger partial charge in [-0.3, -0.25) is 0 Å². The molecule has 0 spiro atoms. The second-order valence-corrected chi connectivity index (χ2v) is 48.4. The Morgan fingerprint density at radius 2 is 0.733 bits per heavy atom. The van der Waals surface area contributed by atoms with Gasteiger partial charge in [0.25, 0.3) is 0 Å². The summed E-state index contributed by atoms with van der Waals surface area (Å²) in [6.45, 7) is 12.1. The molecule has 8 aliphatic rings. The summed E-state index contributed by atoms with van der Waals surface area (Å²) in [5, 5.41) is 82.6. The Labute approximate surface area is 915 Å². The number of benzene rings is 8. The first-order valence-corrected chi connectivity index (χ1v) is 54.7. The van der Waals surface area contributed by atoms with Crippen molar-refractivity contribution in [2.24, 2.45) is 0 Å². The molecular weight excluding hydrogens is 2230 g/mol. The fourth-order valence-electron chi connectivity index (χ4n) is 16.4. The van der Waals surface area contributed by atoms with Crippen LogP contribution in [0.5, 0.6) is 23.0 Å². The fraction of sp³-hybridized carbons (Fsp3) is 0.365. The summed E-state index contributed by atoms with van der Waals surface area (Å²) in [7, 11) is -0.644. The van der Waals surface area contributed by atoms with E-state index in [1.165, 1.54) is 49.6 Å². The summed E-state index contributed by atoms with van der Waals surface area (Å²) in [5.74, 6) is 3.03. The molecule has 0 amide bonds. The van der Waals surface area contributed by atoms with Crippen molar-refractivity contribution in [1.82, 2.24) is 30.9 Å². The number of nitrogens with one attached hydrogen (secondary N) is 1. The van der Waals surface area contributed by atoms with Gasteiger partial charge in [-0.15, -0.1) is 24.0 Å². The minimum atomic E-state index is -1.85. The average molecular weight is 2330 g/mol. The molecule has 7 N–H and O–H groups in total. The molecule has 1 aliphatic heterocycles. The Morgan fingerprint density at radius 3 is 1.01 bits per heavy atom. The molecule has 0 unspecified atom stereocenters. The predicted octanol–water partition coefficient (Wildman–Crippen LogP) is 32.1. The zero-order valence-corrected chi connectivity index (χ0v) is 91.4. The number of hydrogen-bond donors (Lipinski definition) is 7. The number of aliphatic hydroxyl groups excluding tert-OH is 1. The van der Waals surface area contributed by atoms with E-state index in [9.17, 15) is 52.3 Å². The van der Waals surface area contributed by atoms with Crippen molar-refractivity contribution in [3.8, 4) is 68.0 Å². The summed E-state index contributed by atoms with van der Waals surface area (Å²) in [6, 6.07) is 31.4. The number of methoxy groups -OCH3 is 1. The molecule has 42 heteroatoms. The molecule has 8 aromatic carbocycles. The Balaban J connectivity index is 0.000000138. The van der Waals surface area contributed by atoms with Crippen LogP contribution in [0, 0.1) is 29.1 Å². The number of carbonyl (C=O) groups is 1. The average Bonchev–Trinajstić information content (AvgIpc) is 1.56. The number of halogens is 20. The van der Waals surface area contributed by atoms with Crippen LogP contribution >= 0.6 is 175 Å². The van der Waals surface area contributed by atoms with Crippen LogP contribution in [-0.2, 0) is 52.8 Å². The molecule has 21 nitrogen and oxygen atoms in total. The molecule has 6 heterocycles. The molecule has 7 aliphatic carbocycles. The van der Waals surface area contributed by atoms with Crippen molar-refractivity contribution < 1.29 is 94.1 Å². The number of rotatable bonds is 23. The largest absolute Gasteiger partial charge is 0.543 e. The Morgan fingerprint density at radius 1 is 0.432 bits per heavy atom. The number of nitrogens with zero attached hydrogens (tertiary/aromatic N) is 5. The van der Waals surface area contributed by atoms with Crippen molar-refractivity contribution in [2.45, 2.75) is 220 Å². The lowest BCUT2D eigenvalue weighted by atomic mass is 9.75. The molecule has 146 heavy (non-hydrogen) atoms. The van der Waals surface area contributed by atoms with Gasteiger partial charge in [0.05, 0.1) is 113 Å². The first-order chi connectivity index (χ1) is 68.7. The lowest BCUT2D eigenvalue weighted by Gasteiger charge is -2.38. The first kappa shape index (κ1) is 114. The Kier molecular flexibility index (Phi) is 37.3. The van der Waals surface area contributed by atoms with E-state index in [-0.39, 0.29) is 112 Å². The number of aliphatic hydroxyl groups is 5. The van der Waals surface area contributed by atoms with Crippen LogP contribution in [0.4, 0.5) is 22.0 Å². The molecule has 13 aromatic rings. The predicted molar refractivity (Wildman–Crippen MR) is 563 cm³/mol. The van der Waals surface area contributed by atoms with Gasteiger partial charge in [0, 0.05) is 98.6 Å². The van der Waals surface area contributed by atoms with Crippen molar-refractivity contribution in [3.63, 3.8) is 0 Å². The van der Waals surface area contributed by atoms with E-state index in [0.29, 0.717) is 131 Å². The molecule has 1 saturated heterocycles. The number of ether oxygens (including phenoxy) is 3. The first-order valence-electron chi connectivity index (χ1n) is 46.3. The van der Waals surface area contributed by atoms with Gasteiger partial charge in [-0.25, -0.2) is 31.7 Å². The second kappa shape index (κ2) is 47.7. The number of hydrogen-bond acceptors (Lipinski definition) is 21. The Hall–Kier alpha value is -7.60. The van der Waals surface area contributed by atoms with Gasteiger partial charge in [0.15, 0.2) is 11.0 Å². The number of esters is 1. The smallest absolute Gasteiger partial charge is 0.339 e. The fourth-order valence-corrected chi connectivity index (χ4v) is 21.8. The second-order valence-electron chi connectivity index (χ2n) is 38.2. The number of pyridine rings is 1. The van der Waals surface area contributed by atoms with Gasteiger partial charge >= 0.3 is 5.97 Å². The van der Waals surface area contributed by atoms with Crippen LogP contribution in [0.3, 0.4) is 0 Å². The SMILES string of the molecule is CC(C)(C)[Si](C)(C)Oc1ccc(C2(O)CCC2)c(Cl)c1.COC(=O)c1cnc(Cl)c(F)c1.Cl.Fc1cc(Cl)c(-c2noc(C3CC3)c2CCl)c(Cl)c1.OC1(c2ccc(OCc3c(-c4c(Cl)cc(F)cc4Cl)noc3C3CC3)cc2Cl)CCC1.OC1(c2ccc(OCc3c(-c4c(Cl)cc(F)cc4Cl)noc3C3CC3)cc2Cl)CNC1.OCc1c(-c2c(Cl)cc(F)cc2Cl)noc1C1CC1.Oc1ccc(C2(O)CCC2)c(Cl)c1. The van der Waals surface area contributed by atoms with E-state index in [4.69, 9.17) is 200 Å². The van der Waals surface area contributed by atoms with Crippen LogP contribution in [0.1, 0.15) is 232 Å². The van der Waals surface area contributed by atoms with Gasteiger partial charge in [-0.05, 0) is 230 Å². The monoisotopic (exact) mass is 2320 g/mol. The van der Waals surface area contributed by atoms with Crippen molar-refractivity contribution in [3.05, 3.63) is 301 Å². The van der Waals surface area contributed by atoms with Crippen LogP contribution in [0.2, 0.25) is 83.6 Å². The van der Waals surface area contributed by atoms with Crippen LogP contribution in [0.25, 0.3) is 45.0 Å². The minimum absolute atomic E-state index is 0. The van der Waals surface area contributed by atoms with Gasteiger partial charge in [0.2, 0.25) is 8.32 Å². The maximum absolute atomic E-state index is 13.7. The lowest BCUT2D eigenvalue weighted by Crippen LogP contribution is -2.56. The number of aromatic hydroxyl groups is 1. The molecule has 0 radical (unpaired) electrons. The standard InChI is InChI=1S/C23H19Cl3FNO3.C22H18Cl3FN2O3.C16H25ClO2Si.C13H9Cl3FNO.C13H10Cl2FNO2.C10H11ClO2.C7H5ClFNO2.ClH/c24-17-10-14(4-5-16(17)23(29)6-1-7-23)30-11-15-21(28-31-22(15)12-2-3-12)20-18(25)8-13(27)9-19(20)26;23-16-7-13(3-4-15(16)22(29)9-27-10-22)30-8-14-20(28-31-21(14)11-1-2-11)19-17(24)5-12(26)6-18(19)25;1-15(2,3)20(4,5)19-12-7-8-13(14(17)11-12)16(18)9-6-10-16;14-5-8-12(18-19-13(8)6-1-2-6)11-9(15)3-7(17)4-10(11)16;14-9-3-7(16)4-10(15)11(9)12-8(5-18)13(19-17-12)6-1-2-6;11-9-6-7(12)2-3-8(9)10(13)4-1-5-10;1-12-7(11)4-2-5(9)6(8)10-3-4;/h4-5,8-10,12,29H,1-3,6-7,11H2;3-7,11,27,29H,1-2,8-10H2;7-8,11,18H,6,9-10H2,1-5H3;3-4,6H,1-2,5H2;3-4,6,18H,1-2,5H2;2-3,6,12-13H,1,4-5H2;2-3H,1H3;1H. The van der Waals surface area contributed by atoms with Crippen LogP contribution < -0.4 is 19.2 Å². The highest BCUT2D eigenvalue weighted by molar-refractivity contribution is 6.74. The molecule has 21 rings (SSSR count). The lowest BCUT2D eigenvalue weighted by molar-refractivity contribution is -0.0390.